The van der Waals surface area contributed by atoms with Crippen LogP contribution in [-0.2, 0) is 19.2 Å². The maximum absolute atomic E-state index is 13.6. The van der Waals surface area contributed by atoms with E-state index in [0.29, 0.717) is 42.1 Å². The maximum atomic E-state index is 13.6. The molecule has 5 aromatic rings. The second-order valence-corrected chi connectivity index (χ2v) is 11.0. The molecule has 0 bridgehead atoms. The lowest BCUT2D eigenvalue weighted by molar-refractivity contribution is -0.148. The van der Waals surface area contributed by atoms with Crippen LogP contribution in [0, 0.1) is 0 Å². The highest BCUT2D eigenvalue weighted by Crippen LogP contribution is 2.46. The van der Waals surface area contributed by atoms with Crippen molar-refractivity contribution in [2.45, 2.75) is 24.9 Å². The molecule has 46 heavy (non-hydrogen) atoms. The van der Waals surface area contributed by atoms with Crippen LogP contribution in [0.25, 0.3) is 43.1 Å². The second-order valence-electron chi connectivity index (χ2n) is 11.0. The highest BCUT2D eigenvalue weighted by molar-refractivity contribution is 6.41. The summed E-state index contributed by atoms with van der Waals surface area (Å²) in [5.74, 6) is -10.2. The molecule has 0 radical (unpaired) electrons. The van der Waals surface area contributed by atoms with E-state index in [9.17, 15) is 58.8 Å². The van der Waals surface area contributed by atoms with E-state index in [0.717, 1.165) is 0 Å². The lowest BCUT2D eigenvalue weighted by Crippen LogP contribution is -2.51. The number of carbonyl (C=O) groups excluding carboxylic acids is 4. The number of fused-ring (bicyclic) bond motifs is 2. The van der Waals surface area contributed by atoms with Crippen LogP contribution in [0.1, 0.15) is 54.3 Å². The molecule has 2 aliphatic heterocycles. The number of hydrogen-bond acceptors (Lipinski definition) is 8. The number of imide groups is 2. The zero-order valence-electron chi connectivity index (χ0n) is 23.1. The van der Waals surface area contributed by atoms with Crippen molar-refractivity contribution in [1.82, 2.24) is 9.80 Å². The van der Waals surface area contributed by atoms with Crippen LogP contribution < -0.4 is 0 Å². The summed E-state index contributed by atoms with van der Waals surface area (Å²) >= 11 is 0. The van der Waals surface area contributed by atoms with Gasteiger partial charge in [-0.1, -0.05) is 24.3 Å². The summed E-state index contributed by atoms with van der Waals surface area (Å²) in [6.07, 6.45) is -2.00. The number of carbonyl (C=O) groups is 8. The van der Waals surface area contributed by atoms with Crippen molar-refractivity contribution >= 4 is 90.6 Å². The third-order valence-corrected chi connectivity index (χ3v) is 8.63. The Hall–Kier alpha value is -6.44. The molecule has 4 amide bonds. The molecule has 2 atom stereocenters. The summed E-state index contributed by atoms with van der Waals surface area (Å²) in [5.41, 5.74) is -0.0554. The Kier molecular flexibility index (Phi) is 5.87. The number of carboxylic acids is 4. The van der Waals surface area contributed by atoms with E-state index < -0.39 is 72.4 Å². The minimum absolute atomic E-state index is 0.0139. The van der Waals surface area contributed by atoms with Gasteiger partial charge in [0.05, 0.1) is 12.8 Å². The first-order valence-corrected chi connectivity index (χ1v) is 13.7. The highest BCUT2D eigenvalue weighted by atomic mass is 16.4. The van der Waals surface area contributed by atoms with Crippen molar-refractivity contribution < 1.29 is 58.8 Å². The number of aliphatic carboxylic acids is 4. The van der Waals surface area contributed by atoms with Crippen molar-refractivity contribution in [3.05, 3.63) is 70.8 Å². The molecule has 5 aromatic carbocycles. The van der Waals surface area contributed by atoms with Crippen LogP contribution >= 0.6 is 0 Å². The van der Waals surface area contributed by atoms with Gasteiger partial charge in [0, 0.05) is 33.0 Å². The normalized spacial score (nSPS) is 15.7. The van der Waals surface area contributed by atoms with Crippen molar-refractivity contribution in [2.24, 2.45) is 0 Å². The quantitative estimate of drug-likeness (QED) is 0.111. The smallest absolute Gasteiger partial charge is 0.327 e. The van der Waals surface area contributed by atoms with Gasteiger partial charge in [0.2, 0.25) is 0 Å². The van der Waals surface area contributed by atoms with Crippen LogP contribution in [0.5, 0.6) is 0 Å². The molecule has 14 nitrogen and oxygen atoms in total. The third kappa shape index (κ3) is 3.63. The van der Waals surface area contributed by atoms with Crippen LogP contribution in [0.3, 0.4) is 0 Å². The van der Waals surface area contributed by atoms with Crippen molar-refractivity contribution in [2.75, 3.05) is 0 Å². The molecule has 14 heteroatoms. The summed E-state index contributed by atoms with van der Waals surface area (Å²) in [7, 11) is 0. The third-order valence-electron chi connectivity index (χ3n) is 8.63. The Bertz CT molecular complexity index is 2060. The first kappa shape index (κ1) is 28.3. The van der Waals surface area contributed by atoms with Gasteiger partial charge in [0.1, 0.15) is 12.1 Å². The fraction of sp³-hybridized carbons (Fsp3) is 0.125. The number of carboxylic acid groups (broad SMARTS) is 4. The summed E-state index contributed by atoms with van der Waals surface area (Å²) in [6, 6.07) is 7.98. The summed E-state index contributed by atoms with van der Waals surface area (Å²) < 4.78 is 0. The molecule has 228 valence electrons. The second kappa shape index (κ2) is 9.53. The molecule has 2 heterocycles. The van der Waals surface area contributed by atoms with Gasteiger partial charge < -0.3 is 20.4 Å². The van der Waals surface area contributed by atoms with Gasteiger partial charge in [-0.25, -0.2) is 9.59 Å². The minimum Gasteiger partial charge on any atom is -0.481 e. The van der Waals surface area contributed by atoms with Gasteiger partial charge >= 0.3 is 23.9 Å². The Morgan fingerprint density at radius 2 is 0.717 bits per heavy atom. The molecule has 0 aromatic heterocycles. The minimum atomic E-state index is -1.95. The van der Waals surface area contributed by atoms with E-state index in [-0.39, 0.29) is 33.0 Å². The van der Waals surface area contributed by atoms with E-state index in [1.54, 1.807) is 24.3 Å². The first-order valence-electron chi connectivity index (χ1n) is 13.7. The molecule has 7 rings (SSSR count). The topological polar surface area (TPSA) is 224 Å². The molecule has 0 aliphatic carbocycles. The van der Waals surface area contributed by atoms with Crippen LogP contribution in [0.15, 0.2) is 48.5 Å². The SMILES string of the molecule is O=C(O)C[C@H](C(=O)O)N1C(=O)c2ccc3c4ccc5c6c(ccc(c7ccc(c2c37)C1=O)c64)C(=O)N([C@H](CC(=O)O)C(=O)O)C5=O. The van der Waals surface area contributed by atoms with Gasteiger partial charge in [-0.3, -0.25) is 38.6 Å². The summed E-state index contributed by atoms with van der Waals surface area (Å²) in [4.78, 5) is 102. The largest absolute Gasteiger partial charge is 0.481 e. The lowest BCUT2D eigenvalue weighted by atomic mass is 9.82. The first-order chi connectivity index (χ1) is 21.8. The molecule has 0 unspecified atom stereocenters. The van der Waals surface area contributed by atoms with Crippen LogP contribution in [0.4, 0.5) is 0 Å². The van der Waals surface area contributed by atoms with Crippen molar-refractivity contribution in [1.29, 1.82) is 0 Å². The van der Waals surface area contributed by atoms with E-state index in [1.807, 2.05) is 0 Å². The van der Waals surface area contributed by atoms with Crippen molar-refractivity contribution in [3.8, 4) is 0 Å². The zero-order valence-corrected chi connectivity index (χ0v) is 23.1. The average Bonchev–Trinajstić information content (AvgIpc) is 3.00. The average molecular weight is 622 g/mol. The maximum Gasteiger partial charge on any atom is 0.327 e. The van der Waals surface area contributed by atoms with Gasteiger partial charge in [0.25, 0.3) is 23.6 Å². The lowest BCUT2D eigenvalue weighted by Gasteiger charge is -2.33. The van der Waals surface area contributed by atoms with E-state index in [1.165, 1.54) is 24.3 Å². The molecule has 0 saturated heterocycles. The molecule has 0 fully saturated rings. The monoisotopic (exact) mass is 622 g/mol. The Morgan fingerprint density at radius 3 is 0.935 bits per heavy atom. The van der Waals surface area contributed by atoms with Crippen LogP contribution in [-0.4, -0.2) is 89.8 Å². The van der Waals surface area contributed by atoms with Gasteiger partial charge in [-0.2, -0.15) is 0 Å². The molecule has 4 N–H and O–H groups in total. The number of amides is 4. The molecule has 0 spiro atoms. The Morgan fingerprint density at radius 1 is 0.457 bits per heavy atom. The fourth-order valence-corrected chi connectivity index (χ4v) is 6.78. The number of rotatable bonds is 8. The number of benzene rings is 5. The van der Waals surface area contributed by atoms with Crippen LogP contribution in [0.2, 0.25) is 0 Å². The van der Waals surface area contributed by atoms with Gasteiger partial charge in [-0.05, 0) is 56.6 Å². The van der Waals surface area contributed by atoms with Crippen molar-refractivity contribution in [3.63, 3.8) is 0 Å². The number of nitrogens with zero attached hydrogens (tertiary/aromatic N) is 2. The molecular weight excluding hydrogens is 604 g/mol. The number of hydrogen-bond donors (Lipinski definition) is 4. The standard InChI is InChI=1S/C32H18N2O12/c35-21(36)9-19(31(43)44)33-27(39)15-5-1-11-12-2-6-17-26-18(30(42)34(29(17)41)20(32(45)46)10-22(37)38)8-4-14(24(12)26)13-3-7-16(28(33)40)25(15)23(11)13/h1-8,19-20H,9-10H2,(H,35,36)(H,37,38)(H,43,44)(H,45,46)/t19-,20-/m1/s1. The fourth-order valence-electron chi connectivity index (χ4n) is 6.78. The Balaban J connectivity index is 1.49. The predicted molar refractivity (Wildman–Crippen MR) is 156 cm³/mol. The highest BCUT2D eigenvalue weighted by Gasteiger charge is 2.44. The van der Waals surface area contributed by atoms with E-state index >= 15 is 0 Å². The predicted octanol–water partition coefficient (Wildman–Crippen LogP) is 2.79. The van der Waals surface area contributed by atoms with E-state index in [4.69, 9.17) is 0 Å². The zero-order chi connectivity index (χ0) is 32.9. The molecular formula is C32H18N2O12. The molecule has 0 saturated carbocycles. The van der Waals surface area contributed by atoms with E-state index in [2.05, 4.69) is 0 Å². The van der Waals surface area contributed by atoms with Gasteiger partial charge in [0.15, 0.2) is 0 Å². The van der Waals surface area contributed by atoms with Gasteiger partial charge in [-0.15, -0.1) is 0 Å². The summed E-state index contributed by atoms with van der Waals surface area (Å²) in [6.45, 7) is 0. The Labute approximate surface area is 254 Å². The molecule has 2 aliphatic rings. The summed E-state index contributed by atoms with van der Waals surface area (Å²) in [5, 5.41) is 41.4.